The number of hydrogen-bond acceptors (Lipinski definition) is 5. The summed E-state index contributed by atoms with van der Waals surface area (Å²) in [5, 5.41) is 13.3. The third kappa shape index (κ3) is 7.41. The summed E-state index contributed by atoms with van der Waals surface area (Å²) in [6.07, 6.45) is 3.98. The van der Waals surface area contributed by atoms with Crippen LogP contribution in [0.4, 0.5) is 0 Å². The lowest BCUT2D eigenvalue weighted by Gasteiger charge is -2.33. The van der Waals surface area contributed by atoms with Crippen LogP contribution in [0.2, 0.25) is 0 Å². The number of ether oxygens (including phenoxy) is 2. The molecule has 0 spiro atoms. The van der Waals surface area contributed by atoms with Crippen LogP contribution in [-0.4, -0.2) is 54.6 Å². The quantitative estimate of drug-likeness (QED) is 0.397. The molecule has 0 atom stereocenters. The van der Waals surface area contributed by atoms with Crippen molar-refractivity contribution < 1.29 is 28.9 Å². The molecule has 1 aliphatic heterocycles. The van der Waals surface area contributed by atoms with Crippen LogP contribution in [0.5, 0.6) is 5.75 Å². The molecule has 144 valence electrons. The Morgan fingerprint density at radius 3 is 2.73 bits per heavy atom. The van der Waals surface area contributed by atoms with E-state index in [4.69, 9.17) is 4.74 Å². The zero-order valence-corrected chi connectivity index (χ0v) is 15.4. The van der Waals surface area contributed by atoms with Gasteiger partial charge in [0, 0.05) is 19.0 Å². The molecule has 1 aliphatic rings. The molecule has 2 N–H and O–H groups in total. The molecule has 1 aromatic rings. The first-order chi connectivity index (χ1) is 12.5. The van der Waals surface area contributed by atoms with Crippen molar-refractivity contribution in [3.63, 3.8) is 0 Å². The number of likely N-dealkylation sites (tertiary alicyclic amines) is 1. The third-order valence-corrected chi connectivity index (χ3v) is 4.34. The van der Waals surface area contributed by atoms with E-state index >= 15 is 0 Å². The Balaban J connectivity index is 1.68. The fourth-order valence-electron chi connectivity index (χ4n) is 3.04. The number of carbonyl (C=O) groups excluding carboxylic acids is 2. The van der Waals surface area contributed by atoms with Gasteiger partial charge in [0.1, 0.15) is 25.4 Å². The SMILES string of the molecule is CC(=O)OCC(=O)NCCCOc1cccc(C[N+]2(O)CCCCC2)c1. The molecule has 7 heteroatoms. The van der Waals surface area contributed by atoms with Gasteiger partial charge in [-0.1, -0.05) is 12.1 Å². The summed E-state index contributed by atoms with van der Waals surface area (Å²) in [4.78, 5) is 22.0. The molecule has 0 unspecified atom stereocenters. The largest absolute Gasteiger partial charge is 0.494 e. The van der Waals surface area contributed by atoms with Crippen molar-refractivity contribution in [2.75, 3.05) is 32.8 Å². The number of amides is 1. The average Bonchev–Trinajstić information content (AvgIpc) is 2.60. The Morgan fingerprint density at radius 2 is 2.00 bits per heavy atom. The summed E-state index contributed by atoms with van der Waals surface area (Å²) in [6, 6.07) is 7.79. The van der Waals surface area contributed by atoms with Crippen molar-refractivity contribution in [1.29, 1.82) is 0 Å². The Morgan fingerprint density at radius 1 is 1.23 bits per heavy atom. The highest BCUT2D eigenvalue weighted by Crippen LogP contribution is 2.22. The number of nitrogens with one attached hydrogen (secondary N) is 1. The predicted octanol–water partition coefficient (Wildman–Crippen LogP) is 2.02. The first-order valence-corrected chi connectivity index (χ1v) is 9.17. The maximum absolute atomic E-state index is 11.4. The number of piperidine rings is 1. The van der Waals surface area contributed by atoms with Gasteiger partial charge in [0.15, 0.2) is 6.61 Å². The normalized spacial score (nSPS) is 15.9. The predicted molar refractivity (Wildman–Crippen MR) is 95.5 cm³/mol. The molecule has 26 heavy (non-hydrogen) atoms. The van der Waals surface area contributed by atoms with E-state index in [0.717, 1.165) is 37.2 Å². The van der Waals surface area contributed by atoms with Crippen molar-refractivity contribution in [2.45, 2.75) is 39.2 Å². The molecule has 0 aromatic heterocycles. The molecule has 2 rings (SSSR count). The lowest BCUT2D eigenvalue weighted by atomic mass is 10.1. The van der Waals surface area contributed by atoms with Crippen LogP contribution < -0.4 is 10.1 Å². The third-order valence-electron chi connectivity index (χ3n) is 4.34. The van der Waals surface area contributed by atoms with Gasteiger partial charge in [0.2, 0.25) is 0 Å². The average molecular weight is 365 g/mol. The van der Waals surface area contributed by atoms with Crippen molar-refractivity contribution in [1.82, 2.24) is 5.32 Å². The second-order valence-electron chi connectivity index (χ2n) is 6.74. The number of hydroxylamine groups is 3. The van der Waals surface area contributed by atoms with Crippen LogP contribution in [0.15, 0.2) is 24.3 Å². The Hall–Kier alpha value is -2.12. The van der Waals surface area contributed by atoms with Gasteiger partial charge in [0.05, 0.1) is 6.61 Å². The van der Waals surface area contributed by atoms with Crippen molar-refractivity contribution in [2.24, 2.45) is 0 Å². The molecule has 1 amide bonds. The zero-order valence-electron chi connectivity index (χ0n) is 15.4. The smallest absolute Gasteiger partial charge is 0.303 e. The molecule has 0 radical (unpaired) electrons. The zero-order chi connectivity index (χ0) is 18.8. The maximum atomic E-state index is 11.4. The Labute approximate surface area is 154 Å². The highest BCUT2D eigenvalue weighted by atomic mass is 16.5. The lowest BCUT2D eigenvalue weighted by Crippen LogP contribution is -2.47. The second kappa shape index (κ2) is 10.1. The molecule has 1 saturated heterocycles. The number of hydrogen-bond donors (Lipinski definition) is 2. The summed E-state index contributed by atoms with van der Waals surface area (Å²) in [5.74, 6) is -0.0297. The molecule has 1 aromatic carbocycles. The fraction of sp³-hybridized carbons (Fsp3) is 0.579. The van der Waals surface area contributed by atoms with Crippen LogP contribution in [0.1, 0.15) is 38.2 Å². The van der Waals surface area contributed by atoms with E-state index in [-0.39, 0.29) is 17.2 Å². The van der Waals surface area contributed by atoms with E-state index in [0.29, 0.717) is 26.1 Å². The van der Waals surface area contributed by atoms with Crippen molar-refractivity contribution in [3.8, 4) is 5.75 Å². The van der Waals surface area contributed by atoms with Gasteiger partial charge in [-0.15, -0.1) is 0 Å². The van der Waals surface area contributed by atoms with Crippen LogP contribution >= 0.6 is 0 Å². The number of rotatable bonds is 9. The minimum absolute atomic E-state index is 0.109. The van der Waals surface area contributed by atoms with Crippen LogP contribution in [0.3, 0.4) is 0 Å². The van der Waals surface area contributed by atoms with Crippen molar-refractivity contribution in [3.05, 3.63) is 29.8 Å². The highest BCUT2D eigenvalue weighted by molar-refractivity contribution is 5.79. The molecule has 0 bridgehead atoms. The number of esters is 1. The van der Waals surface area contributed by atoms with Gasteiger partial charge < -0.3 is 14.8 Å². The molecule has 7 nitrogen and oxygen atoms in total. The van der Waals surface area contributed by atoms with E-state index in [1.807, 2.05) is 24.3 Å². The number of carbonyl (C=O) groups is 2. The van der Waals surface area contributed by atoms with Crippen LogP contribution in [0, 0.1) is 0 Å². The lowest BCUT2D eigenvalue weighted by molar-refractivity contribution is -1.12. The summed E-state index contributed by atoms with van der Waals surface area (Å²) in [7, 11) is 0. The van der Waals surface area contributed by atoms with Gasteiger partial charge in [-0.05, 0) is 37.8 Å². The fourth-order valence-corrected chi connectivity index (χ4v) is 3.04. The number of benzene rings is 1. The molecule has 0 aliphatic carbocycles. The van der Waals surface area contributed by atoms with Gasteiger partial charge in [0.25, 0.3) is 5.91 Å². The van der Waals surface area contributed by atoms with E-state index < -0.39 is 5.97 Å². The van der Waals surface area contributed by atoms with Gasteiger partial charge in [-0.2, -0.15) is 4.65 Å². The van der Waals surface area contributed by atoms with Crippen LogP contribution in [0.25, 0.3) is 0 Å². The topological polar surface area (TPSA) is 84.9 Å². The monoisotopic (exact) mass is 365 g/mol. The van der Waals surface area contributed by atoms with Gasteiger partial charge in [-0.25, -0.2) is 5.21 Å². The summed E-state index contributed by atoms with van der Waals surface area (Å²) in [5.41, 5.74) is 1.06. The minimum Gasteiger partial charge on any atom is -0.494 e. The first kappa shape index (κ1) is 20.2. The maximum Gasteiger partial charge on any atom is 0.303 e. The highest BCUT2D eigenvalue weighted by Gasteiger charge is 2.28. The minimum atomic E-state index is -0.472. The second-order valence-corrected chi connectivity index (χ2v) is 6.74. The van der Waals surface area contributed by atoms with Crippen molar-refractivity contribution >= 4 is 11.9 Å². The number of nitrogens with zero attached hydrogens (tertiary/aromatic N) is 1. The summed E-state index contributed by atoms with van der Waals surface area (Å²) in [6.45, 7) is 4.15. The number of quaternary nitrogens is 1. The summed E-state index contributed by atoms with van der Waals surface area (Å²) >= 11 is 0. The molecule has 1 heterocycles. The molecular formula is C19H29N2O5+. The summed E-state index contributed by atoms with van der Waals surface area (Å²) < 4.78 is 10.4. The molecule has 0 saturated carbocycles. The Kier molecular flexibility index (Phi) is 7.87. The van der Waals surface area contributed by atoms with Gasteiger partial charge >= 0.3 is 5.97 Å². The Bertz CT molecular complexity index is 599. The van der Waals surface area contributed by atoms with E-state index in [1.165, 1.54) is 13.3 Å². The van der Waals surface area contributed by atoms with E-state index in [9.17, 15) is 14.8 Å². The van der Waals surface area contributed by atoms with Crippen LogP contribution in [-0.2, 0) is 20.9 Å². The first-order valence-electron chi connectivity index (χ1n) is 9.17. The van der Waals surface area contributed by atoms with E-state index in [2.05, 4.69) is 10.1 Å². The molecule has 1 fully saturated rings. The van der Waals surface area contributed by atoms with E-state index in [1.54, 1.807) is 0 Å². The van der Waals surface area contributed by atoms with Gasteiger partial charge in [-0.3, -0.25) is 9.59 Å². The standard InChI is InChI=1S/C19H28N2O5/c1-16(22)26-15-19(23)20-9-6-12-25-18-8-5-7-17(13-18)14-21(24)10-3-2-4-11-21/h5,7-8,13,24H,2-4,6,9-12,14-15H2,1H3/p+1. The molecular weight excluding hydrogens is 336 g/mol.